The first-order valence-corrected chi connectivity index (χ1v) is 5.36. The van der Waals surface area contributed by atoms with Gasteiger partial charge in [-0.1, -0.05) is 6.07 Å². The number of carbonyl (C=O) groups is 1. The third-order valence-electron chi connectivity index (χ3n) is 2.70. The van der Waals surface area contributed by atoms with E-state index in [-0.39, 0.29) is 19.0 Å². The molecule has 0 amide bonds. The Bertz CT molecular complexity index is 353. The summed E-state index contributed by atoms with van der Waals surface area (Å²) in [5.74, 6) is 0.212. The third kappa shape index (κ3) is 3.87. The molecule has 1 aromatic heterocycles. The number of hydrogen-bond acceptors (Lipinski definition) is 4. The van der Waals surface area contributed by atoms with Gasteiger partial charge in [-0.05, 0) is 12.1 Å². The number of nitrogens with zero attached hydrogens (tertiary/aromatic N) is 3. The number of piperazine rings is 1. The molecule has 5 nitrogen and oxygen atoms in total. The zero-order valence-electron chi connectivity index (χ0n) is 9.45. The Labute approximate surface area is 106 Å². The normalized spacial score (nSPS) is 16.4. The molecule has 0 unspecified atom stereocenters. The molecule has 1 fully saturated rings. The highest BCUT2D eigenvalue weighted by Gasteiger charge is 2.18. The van der Waals surface area contributed by atoms with Crippen molar-refractivity contribution in [3.05, 3.63) is 24.4 Å². The van der Waals surface area contributed by atoms with Crippen LogP contribution in [0.25, 0.3) is 0 Å². The van der Waals surface area contributed by atoms with Crippen LogP contribution in [-0.4, -0.2) is 53.7 Å². The van der Waals surface area contributed by atoms with Gasteiger partial charge in [0.15, 0.2) is 0 Å². The Balaban J connectivity index is 0.00000144. The second-order valence-corrected chi connectivity index (χ2v) is 3.84. The van der Waals surface area contributed by atoms with Crippen molar-refractivity contribution in [3.8, 4) is 0 Å². The van der Waals surface area contributed by atoms with E-state index in [0.29, 0.717) is 0 Å². The fourth-order valence-electron chi connectivity index (χ4n) is 1.87. The van der Waals surface area contributed by atoms with Gasteiger partial charge in [0.25, 0.3) is 0 Å². The van der Waals surface area contributed by atoms with Crippen molar-refractivity contribution in [3.63, 3.8) is 0 Å². The average molecular weight is 258 g/mol. The monoisotopic (exact) mass is 257 g/mol. The quantitative estimate of drug-likeness (QED) is 0.864. The highest BCUT2D eigenvalue weighted by atomic mass is 35.5. The standard InChI is InChI=1S/C11H15N3O2.ClH/c15-11(16)9-13-5-7-14(8-6-13)10-3-1-2-4-12-10;/h1-4H,5-9H2,(H,15,16);1H. The topological polar surface area (TPSA) is 56.7 Å². The molecule has 6 heteroatoms. The maximum atomic E-state index is 10.6. The lowest BCUT2D eigenvalue weighted by atomic mass is 10.3. The minimum Gasteiger partial charge on any atom is -0.480 e. The molecule has 1 N–H and O–H groups in total. The van der Waals surface area contributed by atoms with E-state index in [9.17, 15) is 4.79 Å². The van der Waals surface area contributed by atoms with E-state index in [4.69, 9.17) is 5.11 Å². The Morgan fingerprint density at radius 1 is 1.29 bits per heavy atom. The molecule has 17 heavy (non-hydrogen) atoms. The molecule has 0 bridgehead atoms. The number of aromatic nitrogens is 1. The van der Waals surface area contributed by atoms with Crippen LogP contribution in [0.2, 0.25) is 0 Å². The molecule has 1 saturated heterocycles. The summed E-state index contributed by atoms with van der Waals surface area (Å²) in [6, 6.07) is 5.84. The van der Waals surface area contributed by atoms with Gasteiger partial charge in [0.1, 0.15) is 5.82 Å². The lowest BCUT2D eigenvalue weighted by molar-refractivity contribution is -0.138. The van der Waals surface area contributed by atoms with Gasteiger partial charge in [0, 0.05) is 32.4 Å². The largest absolute Gasteiger partial charge is 0.480 e. The number of hydrogen-bond donors (Lipinski definition) is 1. The van der Waals surface area contributed by atoms with Gasteiger partial charge in [0.2, 0.25) is 0 Å². The zero-order valence-corrected chi connectivity index (χ0v) is 10.3. The molecule has 0 radical (unpaired) electrons. The first-order valence-electron chi connectivity index (χ1n) is 5.36. The van der Waals surface area contributed by atoms with Crippen molar-refractivity contribution < 1.29 is 9.90 Å². The maximum Gasteiger partial charge on any atom is 0.317 e. The SMILES string of the molecule is Cl.O=C(O)CN1CCN(c2ccccn2)CC1. The van der Waals surface area contributed by atoms with Gasteiger partial charge >= 0.3 is 5.97 Å². The third-order valence-corrected chi connectivity index (χ3v) is 2.70. The molecular formula is C11H16ClN3O2. The van der Waals surface area contributed by atoms with E-state index in [0.717, 1.165) is 32.0 Å². The summed E-state index contributed by atoms with van der Waals surface area (Å²) in [7, 11) is 0. The van der Waals surface area contributed by atoms with Crippen LogP contribution >= 0.6 is 12.4 Å². The average Bonchev–Trinajstić information content (AvgIpc) is 2.30. The predicted octanol–water partition coefficient (Wildman–Crippen LogP) is 0.710. The minimum atomic E-state index is -0.758. The van der Waals surface area contributed by atoms with Crippen LogP contribution in [0, 0.1) is 0 Å². The number of carboxylic acids is 1. The van der Waals surface area contributed by atoms with Crippen LogP contribution in [-0.2, 0) is 4.79 Å². The van der Waals surface area contributed by atoms with Crippen molar-refractivity contribution in [2.24, 2.45) is 0 Å². The van der Waals surface area contributed by atoms with E-state index in [2.05, 4.69) is 9.88 Å². The Morgan fingerprint density at radius 2 is 2.00 bits per heavy atom. The van der Waals surface area contributed by atoms with E-state index in [1.165, 1.54) is 0 Å². The van der Waals surface area contributed by atoms with Crippen LogP contribution in [0.5, 0.6) is 0 Å². The lowest BCUT2D eigenvalue weighted by Crippen LogP contribution is -2.48. The van der Waals surface area contributed by atoms with Gasteiger partial charge in [-0.25, -0.2) is 4.98 Å². The molecule has 0 aromatic carbocycles. The van der Waals surface area contributed by atoms with Gasteiger partial charge in [0.05, 0.1) is 6.54 Å². The fourth-order valence-corrected chi connectivity index (χ4v) is 1.87. The number of aliphatic carboxylic acids is 1. The molecular weight excluding hydrogens is 242 g/mol. The van der Waals surface area contributed by atoms with Crippen molar-refractivity contribution in [1.29, 1.82) is 0 Å². The molecule has 0 aliphatic carbocycles. The van der Waals surface area contributed by atoms with Crippen LogP contribution in [0.1, 0.15) is 0 Å². The zero-order chi connectivity index (χ0) is 11.4. The molecule has 0 spiro atoms. The fraction of sp³-hybridized carbons (Fsp3) is 0.455. The predicted molar refractivity (Wildman–Crippen MR) is 67.8 cm³/mol. The summed E-state index contributed by atoms with van der Waals surface area (Å²) >= 11 is 0. The lowest BCUT2D eigenvalue weighted by Gasteiger charge is -2.34. The van der Waals surface area contributed by atoms with E-state index in [1.54, 1.807) is 6.20 Å². The van der Waals surface area contributed by atoms with Crippen LogP contribution < -0.4 is 4.90 Å². The molecule has 2 heterocycles. The molecule has 0 atom stereocenters. The number of pyridine rings is 1. The summed E-state index contributed by atoms with van der Waals surface area (Å²) in [6.45, 7) is 3.37. The van der Waals surface area contributed by atoms with Crippen molar-refractivity contribution in [2.45, 2.75) is 0 Å². The highest BCUT2D eigenvalue weighted by Crippen LogP contribution is 2.11. The summed E-state index contributed by atoms with van der Waals surface area (Å²) < 4.78 is 0. The molecule has 1 aromatic rings. The summed E-state index contributed by atoms with van der Waals surface area (Å²) in [5.41, 5.74) is 0. The van der Waals surface area contributed by atoms with E-state index >= 15 is 0 Å². The minimum absolute atomic E-state index is 0. The van der Waals surface area contributed by atoms with E-state index < -0.39 is 5.97 Å². The van der Waals surface area contributed by atoms with Crippen molar-refractivity contribution in [2.75, 3.05) is 37.6 Å². The van der Waals surface area contributed by atoms with Crippen LogP contribution in [0.4, 0.5) is 5.82 Å². The highest BCUT2D eigenvalue weighted by molar-refractivity contribution is 5.85. The van der Waals surface area contributed by atoms with E-state index in [1.807, 2.05) is 23.1 Å². The number of halogens is 1. The second-order valence-electron chi connectivity index (χ2n) is 3.84. The maximum absolute atomic E-state index is 10.6. The number of rotatable bonds is 3. The summed E-state index contributed by atoms with van der Waals surface area (Å²) in [5, 5.41) is 8.68. The molecule has 0 saturated carbocycles. The van der Waals surface area contributed by atoms with Crippen LogP contribution in [0.3, 0.4) is 0 Å². The Kier molecular flexibility index (Phi) is 5.18. The second kappa shape index (κ2) is 6.42. The van der Waals surface area contributed by atoms with Gasteiger partial charge in [-0.3, -0.25) is 9.69 Å². The molecule has 1 aliphatic rings. The van der Waals surface area contributed by atoms with Crippen LogP contribution in [0.15, 0.2) is 24.4 Å². The first kappa shape index (κ1) is 13.7. The van der Waals surface area contributed by atoms with Gasteiger partial charge in [-0.2, -0.15) is 0 Å². The summed E-state index contributed by atoms with van der Waals surface area (Å²) in [4.78, 5) is 19.0. The molecule has 2 rings (SSSR count). The number of anilines is 1. The van der Waals surface area contributed by atoms with Gasteiger partial charge in [-0.15, -0.1) is 12.4 Å². The molecule has 1 aliphatic heterocycles. The van der Waals surface area contributed by atoms with Gasteiger partial charge < -0.3 is 10.0 Å². The number of carboxylic acid groups (broad SMARTS) is 1. The summed E-state index contributed by atoms with van der Waals surface area (Å²) in [6.07, 6.45) is 1.78. The Morgan fingerprint density at radius 3 is 2.53 bits per heavy atom. The Hall–Kier alpha value is -1.33. The smallest absolute Gasteiger partial charge is 0.317 e. The van der Waals surface area contributed by atoms with Crippen molar-refractivity contribution >= 4 is 24.2 Å². The first-order chi connectivity index (χ1) is 7.75. The van der Waals surface area contributed by atoms with Crippen molar-refractivity contribution in [1.82, 2.24) is 9.88 Å². The molecule has 94 valence electrons.